The van der Waals surface area contributed by atoms with Gasteiger partial charge in [-0.1, -0.05) is 39.0 Å². The maximum Gasteiger partial charge on any atom is 0.225 e. The van der Waals surface area contributed by atoms with Gasteiger partial charge >= 0.3 is 0 Å². The van der Waals surface area contributed by atoms with Gasteiger partial charge in [0.2, 0.25) is 10.7 Å². The second-order valence-electron chi connectivity index (χ2n) is 6.80. The van der Waals surface area contributed by atoms with Crippen LogP contribution in [0.2, 0.25) is 0 Å². The number of nitrogens with zero attached hydrogens (tertiary/aromatic N) is 2. The van der Waals surface area contributed by atoms with E-state index in [-0.39, 0.29) is 10.7 Å². The van der Waals surface area contributed by atoms with Gasteiger partial charge in [0, 0.05) is 12.6 Å². The van der Waals surface area contributed by atoms with Crippen LogP contribution in [0, 0.1) is 4.77 Å². The third kappa shape index (κ3) is 6.05. The number of aromatic nitrogens is 2. The maximum absolute atomic E-state index is 12.0. The largest absolute Gasteiger partial charge is 0.394 e. The number of unbranched alkanes of at least 4 members (excludes halogenated alkanes) is 5. The zero-order chi connectivity index (χ0) is 19.8. The molecule has 0 radical (unpaired) electrons. The Labute approximate surface area is 164 Å². The second kappa shape index (κ2) is 10.8. The molecule has 1 aromatic rings. The zero-order valence-corrected chi connectivity index (χ0v) is 16.4. The Morgan fingerprint density at radius 3 is 2.59 bits per heavy atom. The molecule has 2 heterocycles. The second-order valence-corrected chi connectivity index (χ2v) is 7.16. The fourth-order valence-corrected chi connectivity index (χ4v) is 3.32. The molecule has 27 heavy (non-hydrogen) atoms. The van der Waals surface area contributed by atoms with Crippen molar-refractivity contribution in [3.8, 4) is 0 Å². The third-order valence-corrected chi connectivity index (χ3v) is 4.95. The first-order valence-corrected chi connectivity index (χ1v) is 9.90. The molecule has 0 unspecified atom stereocenters. The highest BCUT2D eigenvalue weighted by Crippen LogP contribution is 2.29. The number of amides is 1. The van der Waals surface area contributed by atoms with Gasteiger partial charge in [-0.2, -0.15) is 0 Å². The number of carbonyl (C=O) groups excluding carboxylic acids is 1. The van der Waals surface area contributed by atoms with Crippen molar-refractivity contribution in [1.82, 2.24) is 9.55 Å². The number of anilines is 1. The summed E-state index contributed by atoms with van der Waals surface area (Å²) in [4.78, 5) is 16.2. The van der Waals surface area contributed by atoms with Crippen molar-refractivity contribution < 1.29 is 24.9 Å². The summed E-state index contributed by atoms with van der Waals surface area (Å²) in [5.41, 5.74) is 0. The summed E-state index contributed by atoms with van der Waals surface area (Å²) in [6, 6.07) is 1.56. The summed E-state index contributed by atoms with van der Waals surface area (Å²) >= 11 is 5.21. The van der Waals surface area contributed by atoms with Crippen LogP contribution < -0.4 is 5.32 Å². The first kappa shape index (κ1) is 21.9. The van der Waals surface area contributed by atoms with Crippen LogP contribution in [0.3, 0.4) is 0 Å². The van der Waals surface area contributed by atoms with Crippen molar-refractivity contribution in [1.29, 1.82) is 0 Å². The molecular formula is C18H29N3O5S. The molecule has 0 spiro atoms. The van der Waals surface area contributed by atoms with Crippen LogP contribution in [0.4, 0.5) is 5.82 Å². The molecular weight excluding hydrogens is 370 g/mol. The lowest BCUT2D eigenvalue weighted by Gasteiger charge is -2.18. The van der Waals surface area contributed by atoms with E-state index in [4.69, 9.17) is 22.1 Å². The lowest BCUT2D eigenvalue weighted by molar-refractivity contribution is -0.116. The number of hydrogen-bond acceptors (Lipinski definition) is 7. The number of aliphatic hydroxyl groups is 3. The Morgan fingerprint density at radius 1 is 1.26 bits per heavy atom. The lowest BCUT2D eigenvalue weighted by Crippen LogP contribution is -2.33. The fourth-order valence-electron chi connectivity index (χ4n) is 3.06. The van der Waals surface area contributed by atoms with E-state index in [0.29, 0.717) is 12.2 Å². The van der Waals surface area contributed by atoms with E-state index in [1.165, 1.54) is 30.0 Å². The van der Waals surface area contributed by atoms with Crippen LogP contribution >= 0.6 is 12.2 Å². The van der Waals surface area contributed by atoms with Gasteiger partial charge in [0.15, 0.2) is 6.23 Å². The monoisotopic (exact) mass is 399 g/mol. The van der Waals surface area contributed by atoms with E-state index in [0.717, 1.165) is 19.3 Å². The molecule has 1 fully saturated rings. The Hall–Kier alpha value is -1.39. The van der Waals surface area contributed by atoms with E-state index < -0.39 is 31.1 Å². The number of carbonyl (C=O) groups is 1. The molecule has 4 N–H and O–H groups in total. The average Bonchev–Trinajstić information content (AvgIpc) is 2.93. The summed E-state index contributed by atoms with van der Waals surface area (Å²) < 4.78 is 6.93. The summed E-state index contributed by atoms with van der Waals surface area (Å²) in [6.07, 6.45) is 4.36. The number of rotatable bonds is 10. The Balaban J connectivity index is 1.87. The fraction of sp³-hybridized carbons (Fsp3) is 0.722. The molecule has 152 valence electrons. The smallest absolute Gasteiger partial charge is 0.225 e. The molecule has 2 rings (SSSR count). The Kier molecular flexibility index (Phi) is 8.78. The van der Waals surface area contributed by atoms with Crippen molar-refractivity contribution in [2.45, 2.75) is 76.4 Å². The van der Waals surface area contributed by atoms with Gasteiger partial charge in [-0.3, -0.25) is 9.36 Å². The van der Waals surface area contributed by atoms with E-state index >= 15 is 0 Å². The van der Waals surface area contributed by atoms with Crippen molar-refractivity contribution in [2.24, 2.45) is 0 Å². The van der Waals surface area contributed by atoms with Gasteiger partial charge in [0.25, 0.3) is 0 Å². The van der Waals surface area contributed by atoms with Gasteiger partial charge in [-0.05, 0) is 24.7 Å². The highest BCUT2D eigenvalue weighted by atomic mass is 32.1. The summed E-state index contributed by atoms with van der Waals surface area (Å²) in [5, 5.41) is 31.8. The lowest BCUT2D eigenvalue weighted by atomic mass is 10.1. The van der Waals surface area contributed by atoms with Gasteiger partial charge in [-0.15, -0.1) is 0 Å². The highest BCUT2D eigenvalue weighted by Gasteiger charge is 2.43. The molecule has 1 aromatic heterocycles. The predicted molar refractivity (Wildman–Crippen MR) is 103 cm³/mol. The number of nitrogens with one attached hydrogen (secondary N) is 1. The van der Waals surface area contributed by atoms with Crippen LogP contribution in [0.5, 0.6) is 0 Å². The topological polar surface area (TPSA) is 117 Å². The Bertz CT molecular complexity index is 669. The molecule has 0 aliphatic carbocycles. The average molecular weight is 400 g/mol. The normalized spacial score (nSPS) is 24.9. The summed E-state index contributed by atoms with van der Waals surface area (Å²) in [5.74, 6) is 0.219. The molecule has 1 aliphatic rings. The molecule has 1 amide bonds. The minimum absolute atomic E-state index is 0.0993. The van der Waals surface area contributed by atoms with Crippen molar-refractivity contribution >= 4 is 23.9 Å². The highest BCUT2D eigenvalue weighted by molar-refractivity contribution is 7.71. The molecule has 0 saturated carbocycles. The van der Waals surface area contributed by atoms with Gasteiger partial charge < -0.3 is 25.4 Å². The summed E-state index contributed by atoms with van der Waals surface area (Å²) in [7, 11) is 0. The van der Waals surface area contributed by atoms with Gasteiger partial charge in [0.05, 0.1) is 6.61 Å². The minimum atomic E-state index is -1.23. The molecule has 0 aromatic carbocycles. The molecule has 9 heteroatoms. The van der Waals surface area contributed by atoms with Crippen LogP contribution in [0.15, 0.2) is 12.3 Å². The van der Waals surface area contributed by atoms with E-state index in [9.17, 15) is 15.0 Å². The molecule has 0 bridgehead atoms. The van der Waals surface area contributed by atoms with Crippen molar-refractivity contribution in [3.63, 3.8) is 0 Å². The predicted octanol–water partition coefficient (Wildman–Crippen LogP) is 1.91. The number of hydrogen-bond donors (Lipinski definition) is 4. The molecule has 8 nitrogen and oxygen atoms in total. The molecule has 1 saturated heterocycles. The Morgan fingerprint density at radius 2 is 1.96 bits per heavy atom. The maximum atomic E-state index is 12.0. The SMILES string of the molecule is CCCCCCCCC(=O)Nc1ccn([C@@H]2O[C@H](CO)[C@@H](O)[C@@H]2O)c(=S)n1. The molecule has 1 aliphatic heterocycles. The van der Waals surface area contributed by atoms with Crippen molar-refractivity contribution in [3.05, 3.63) is 17.0 Å². The van der Waals surface area contributed by atoms with Gasteiger partial charge in [-0.25, -0.2) is 4.98 Å². The zero-order valence-electron chi connectivity index (χ0n) is 15.6. The quantitative estimate of drug-likeness (QED) is 0.351. The standard InChI is InChI=1S/C18H29N3O5S/c1-2-3-4-5-6-7-8-14(23)19-13-9-10-21(18(27)20-13)17-16(25)15(24)12(11-22)26-17/h9-10,12,15-17,22,24-25H,2-8,11H2,1H3,(H,19,20,23,27)/t12-,15-,16+,17-/m1/s1. The van der Waals surface area contributed by atoms with E-state index in [1.54, 1.807) is 6.07 Å². The first-order chi connectivity index (χ1) is 13.0. The van der Waals surface area contributed by atoms with Crippen LogP contribution in [-0.2, 0) is 9.53 Å². The van der Waals surface area contributed by atoms with Crippen LogP contribution in [0.25, 0.3) is 0 Å². The van der Waals surface area contributed by atoms with E-state index in [1.807, 2.05) is 0 Å². The van der Waals surface area contributed by atoms with Crippen LogP contribution in [0.1, 0.15) is 58.1 Å². The summed E-state index contributed by atoms with van der Waals surface area (Å²) in [6.45, 7) is 1.76. The van der Waals surface area contributed by atoms with E-state index in [2.05, 4.69) is 17.2 Å². The minimum Gasteiger partial charge on any atom is -0.394 e. The van der Waals surface area contributed by atoms with Crippen LogP contribution in [-0.4, -0.2) is 55.7 Å². The number of aliphatic hydroxyl groups excluding tert-OH is 3. The van der Waals surface area contributed by atoms with Gasteiger partial charge in [0.1, 0.15) is 24.1 Å². The number of ether oxygens (including phenoxy) is 1. The van der Waals surface area contributed by atoms with Crippen molar-refractivity contribution in [2.75, 3.05) is 11.9 Å². The third-order valence-electron chi connectivity index (χ3n) is 4.65. The molecule has 4 atom stereocenters. The first-order valence-electron chi connectivity index (χ1n) is 9.49.